The van der Waals surface area contributed by atoms with E-state index >= 15 is 4.39 Å². The summed E-state index contributed by atoms with van der Waals surface area (Å²) in [6.07, 6.45) is -6.17. The maximum absolute atomic E-state index is 15.2. The van der Waals surface area contributed by atoms with Crippen molar-refractivity contribution in [3.63, 3.8) is 0 Å². The minimum atomic E-state index is -2.77. The summed E-state index contributed by atoms with van der Waals surface area (Å²) < 4.78 is 33.1. The Balaban J connectivity index is 1.29. The first-order chi connectivity index (χ1) is 20.1. The Bertz CT molecular complexity index is 1570. The second-order valence-electron chi connectivity index (χ2n) is 9.55. The number of alkyl halides is 1. The molecule has 0 amide bonds. The van der Waals surface area contributed by atoms with Gasteiger partial charge in [-0.1, -0.05) is 42.5 Å². The number of hydrogen-bond acceptors (Lipinski definition) is 10. The van der Waals surface area contributed by atoms with Crippen molar-refractivity contribution in [2.45, 2.75) is 43.2 Å². The molecule has 5 rings (SSSR count). The van der Waals surface area contributed by atoms with Crippen LogP contribution in [-0.4, -0.2) is 77.4 Å². The Kier molecular flexibility index (Phi) is 8.22. The topological polar surface area (TPSA) is 192 Å². The van der Waals surface area contributed by atoms with Gasteiger partial charge in [-0.2, -0.15) is 9.97 Å². The highest BCUT2D eigenvalue weighted by atomic mass is 35.5. The Morgan fingerprint density at radius 1 is 1.07 bits per heavy atom. The average molecular weight is 602 g/mol. The zero-order valence-electron chi connectivity index (χ0n) is 21.7. The van der Waals surface area contributed by atoms with Crippen LogP contribution in [0.1, 0.15) is 17.4 Å². The van der Waals surface area contributed by atoms with Crippen molar-refractivity contribution in [2.24, 2.45) is 0 Å². The van der Waals surface area contributed by atoms with Crippen LogP contribution in [0, 0.1) is 0 Å². The largest absolute Gasteiger partial charge is 0.489 e. The van der Waals surface area contributed by atoms with Gasteiger partial charge in [0.15, 0.2) is 23.9 Å². The van der Waals surface area contributed by atoms with Gasteiger partial charge in [0.25, 0.3) is 5.60 Å². The number of hydrogen-bond donors (Lipinski definition) is 4. The van der Waals surface area contributed by atoms with Gasteiger partial charge in [0.05, 0.1) is 12.9 Å². The maximum atomic E-state index is 15.2. The summed E-state index contributed by atoms with van der Waals surface area (Å²) >= 11 is 5.86. The van der Waals surface area contributed by atoms with Crippen LogP contribution in [0.25, 0.3) is 11.2 Å². The van der Waals surface area contributed by atoms with Crippen molar-refractivity contribution in [1.82, 2.24) is 19.5 Å². The van der Waals surface area contributed by atoms with E-state index in [9.17, 15) is 24.9 Å². The lowest BCUT2D eigenvalue weighted by atomic mass is 9.94. The maximum Gasteiger partial charge on any atom is 0.348 e. The summed E-state index contributed by atoms with van der Waals surface area (Å²) in [5.41, 5.74) is 4.45. The number of fused-ring (bicyclic) bond motifs is 1. The van der Waals surface area contributed by atoms with Gasteiger partial charge in [-0.3, -0.25) is 4.57 Å². The van der Waals surface area contributed by atoms with Crippen LogP contribution in [0.3, 0.4) is 0 Å². The number of nitrogen functional groups attached to an aromatic ring is 1. The summed E-state index contributed by atoms with van der Waals surface area (Å²) in [5, 5.41) is 30.2. The minimum absolute atomic E-state index is 0.0375. The number of anilines is 1. The van der Waals surface area contributed by atoms with Crippen LogP contribution >= 0.6 is 11.6 Å². The third-order valence-corrected chi connectivity index (χ3v) is 6.97. The number of carbonyl (C=O) groups is 2. The van der Waals surface area contributed by atoms with Crippen LogP contribution in [0.5, 0.6) is 5.75 Å². The van der Waals surface area contributed by atoms with Crippen molar-refractivity contribution in [3.05, 3.63) is 77.3 Å². The number of aromatic nitrogens is 4. The number of imidazole rings is 1. The molecule has 4 aromatic rings. The highest BCUT2D eigenvalue weighted by Gasteiger charge is 2.52. The summed E-state index contributed by atoms with van der Waals surface area (Å²) in [6.45, 7) is -0.459. The first-order valence-electron chi connectivity index (χ1n) is 12.6. The first kappa shape index (κ1) is 29.1. The van der Waals surface area contributed by atoms with Gasteiger partial charge in [-0.15, -0.1) is 0 Å². The van der Waals surface area contributed by atoms with E-state index in [1.807, 2.05) is 30.3 Å². The molecule has 0 spiro atoms. The van der Waals surface area contributed by atoms with Crippen LogP contribution < -0.4 is 10.5 Å². The number of rotatable bonds is 11. The van der Waals surface area contributed by atoms with E-state index < -0.39 is 55.2 Å². The number of aliphatic carboxylic acids is 2. The Morgan fingerprint density at radius 2 is 1.76 bits per heavy atom. The van der Waals surface area contributed by atoms with Gasteiger partial charge in [-0.25, -0.2) is 19.0 Å². The van der Waals surface area contributed by atoms with Crippen molar-refractivity contribution in [1.29, 1.82) is 0 Å². The second-order valence-corrected chi connectivity index (χ2v) is 9.88. The number of aliphatic hydroxyl groups is 1. The molecule has 4 atom stereocenters. The minimum Gasteiger partial charge on any atom is -0.489 e. The number of ether oxygens (including phenoxy) is 3. The normalized spacial score (nSPS) is 20.5. The molecule has 0 radical (unpaired) electrons. The quantitative estimate of drug-likeness (QED) is 0.145. The van der Waals surface area contributed by atoms with Crippen molar-refractivity contribution >= 4 is 40.5 Å². The predicted octanol–water partition coefficient (Wildman–Crippen LogP) is 2.40. The average Bonchev–Trinajstić information content (AvgIpc) is 3.51. The number of halogens is 2. The molecule has 3 heterocycles. The molecular formula is C27H25ClFN5O8. The van der Waals surface area contributed by atoms with Gasteiger partial charge in [0.1, 0.15) is 30.1 Å². The standard InChI is InChI=1S/C27H25ClFN5O8/c28-26-32-21(30)19-22(33-26)34(13-31-19)23-18(29)20(35)17(42-23)12-41-27(24(36)37,25(38)39)10-14-6-8-16(9-7-14)40-11-15-4-2-1-3-5-15/h1-9,13,17-18,20,23,35H,10-12H2,(H,36,37)(H,38,39)(H2,30,32,33)/t17-,18+,20-,23?/m1/s1. The fourth-order valence-corrected chi connectivity index (χ4v) is 4.71. The highest BCUT2D eigenvalue weighted by Crippen LogP contribution is 2.35. The van der Waals surface area contributed by atoms with E-state index in [0.29, 0.717) is 17.9 Å². The Hall–Kier alpha value is -4.37. The fraction of sp³-hybridized carbons (Fsp3) is 0.296. The van der Waals surface area contributed by atoms with Crippen molar-refractivity contribution in [2.75, 3.05) is 12.3 Å². The molecule has 1 unspecified atom stereocenters. The number of carboxylic acid groups (broad SMARTS) is 2. The summed E-state index contributed by atoms with van der Waals surface area (Å²) in [7, 11) is 0. The van der Waals surface area contributed by atoms with E-state index in [-0.39, 0.29) is 22.3 Å². The van der Waals surface area contributed by atoms with E-state index in [1.165, 1.54) is 18.5 Å². The van der Waals surface area contributed by atoms with Gasteiger partial charge in [-0.05, 0) is 34.9 Å². The number of aliphatic hydroxyl groups excluding tert-OH is 1. The van der Waals surface area contributed by atoms with Gasteiger partial charge >= 0.3 is 11.9 Å². The number of carboxylic acids is 2. The van der Waals surface area contributed by atoms with Crippen LogP contribution in [0.2, 0.25) is 5.28 Å². The van der Waals surface area contributed by atoms with Crippen LogP contribution in [-0.2, 0) is 32.1 Å². The zero-order valence-corrected chi connectivity index (χ0v) is 22.5. The zero-order chi connectivity index (χ0) is 30.0. The lowest BCUT2D eigenvalue weighted by Crippen LogP contribution is -2.52. The van der Waals surface area contributed by atoms with Gasteiger partial charge < -0.3 is 35.3 Å². The third-order valence-electron chi connectivity index (χ3n) is 6.80. The fourth-order valence-electron chi connectivity index (χ4n) is 4.54. The molecule has 2 aromatic heterocycles. The molecule has 1 fully saturated rings. The third kappa shape index (κ3) is 5.69. The molecule has 15 heteroatoms. The monoisotopic (exact) mass is 601 g/mol. The molecule has 1 aliphatic heterocycles. The molecule has 0 bridgehead atoms. The van der Waals surface area contributed by atoms with E-state index in [4.69, 9.17) is 31.5 Å². The Morgan fingerprint density at radius 3 is 2.43 bits per heavy atom. The molecule has 0 saturated carbocycles. The molecular weight excluding hydrogens is 577 g/mol. The molecule has 220 valence electrons. The SMILES string of the molecule is Nc1nc(Cl)nc2c1ncn2C1O[C@H](COC(Cc2ccc(OCc3ccccc3)cc2)(C(=O)O)C(=O)O)[C@@H](O)[C@@H]1F. The number of nitrogens with two attached hydrogens (primary N) is 1. The van der Waals surface area contributed by atoms with Crippen molar-refractivity contribution in [3.8, 4) is 5.75 Å². The molecule has 1 saturated heterocycles. The lowest BCUT2D eigenvalue weighted by Gasteiger charge is -2.27. The first-order valence-corrected chi connectivity index (χ1v) is 13.0. The predicted molar refractivity (Wildman–Crippen MR) is 144 cm³/mol. The number of nitrogens with zero attached hydrogens (tertiary/aromatic N) is 4. The smallest absolute Gasteiger partial charge is 0.348 e. The molecule has 5 N–H and O–H groups in total. The summed E-state index contributed by atoms with van der Waals surface area (Å²) in [4.78, 5) is 36.3. The second kappa shape index (κ2) is 11.9. The van der Waals surface area contributed by atoms with E-state index in [1.54, 1.807) is 12.1 Å². The van der Waals surface area contributed by atoms with Crippen molar-refractivity contribution < 1.29 is 43.5 Å². The van der Waals surface area contributed by atoms with Crippen LogP contribution in [0.4, 0.5) is 10.2 Å². The molecule has 42 heavy (non-hydrogen) atoms. The highest BCUT2D eigenvalue weighted by molar-refractivity contribution is 6.28. The van der Waals surface area contributed by atoms with Gasteiger partial charge in [0.2, 0.25) is 5.28 Å². The molecule has 13 nitrogen and oxygen atoms in total. The van der Waals surface area contributed by atoms with Crippen LogP contribution in [0.15, 0.2) is 60.9 Å². The molecule has 2 aromatic carbocycles. The molecule has 1 aliphatic rings. The van der Waals surface area contributed by atoms with E-state index in [0.717, 1.165) is 10.1 Å². The van der Waals surface area contributed by atoms with Gasteiger partial charge in [0, 0.05) is 6.42 Å². The number of benzene rings is 2. The Labute approximate surface area is 242 Å². The summed E-state index contributed by atoms with van der Waals surface area (Å²) in [5.74, 6) is -3.14. The lowest BCUT2D eigenvalue weighted by molar-refractivity contribution is -0.190. The summed E-state index contributed by atoms with van der Waals surface area (Å²) in [6, 6.07) is 15.6. The van der Waals surface area contributed by atoms with E-state index in [2.05, 4.69) is 15.0 Å². The molecule has 0 aliphatic carbocycles.